The van der Waals surface area contributed by atoms with Gasteiger partial charge in [0, 0.05) is 28.9 Å². The number of nitrogens with one attached hydrogen (secondary N) is 1. The highest BCUT2D eigenvalue weighted by molar-refractivity contribution is 5.94. The SMILES string of the molecule is Cc1c(F)cc(C(N)=O)cc1NCc1ccccc1F. The van der Waals surface area contributed by atoms with Gasteiger partial charge in [0.25, 0.3) is 0 Å². The van der Waals surface area contributed by atoms with Gasteiger partial charge in [-0.1, -0.05) is 18.2 Å². The van der Waals surface area contributed by atoms with Crippen LogP contribution < -0.4 is 11.1 Å². The van der Waals surface area contributed by atoms with Crippen molar-refractivity contribution in [3.8, 4) is 0 Å². The Bertz CT molecular complexity index is 656. The van der Waals surface area contributed by atoms with Crippen molar-refractivity contribution in [1.29, 1.82) is 0 Å². The Morgan fingerprint density at radius 3 is 2.55 bits per heavy atom. The van der Waals surface area contributed by atoms with Crippen LogP contribution in [-0.4, -0.2) is 5.91 Å². The van der Waals surface area contributed by atoms with Crippen molar-refractivity contribution in [2.24, 2.45) is 5.73 Å². The molecule has 1 amide bonds. The third-order valence-corrected chi connectivity index (χ3v) is 3.06. The van der Waals surface area contributed by atoms with E-state index in [2.05, 4.69) is 5.32 Å². The van der Waals surface area contributed by atoms with Gasteiger partial charge in [0.1, 0.15) is 11.6 Å². The van der Waals surface area contributed by atoms with E-state index in [9.17, 15) is 13.6 Å². The summed E-state index contributed by atoms with van der Waals surface area (Å²) in [4.78, 5) is 11.1. The fourth-order valence-corrected chi connectivity index (χ4v) is 1.84. The summed E-state index contributed by atoms with van der Waals surface area (Å²) in [5.41, 5.74) is 6.44. The molecule has 0 fully saturated rings. The lowest BCUT2D eigenvalue weighted by Gasteiger charge is -2.12. The molecule has 0 aliphatic carbocycles. The standard InChI is InChI=1S/C15H14F2N2O/c1-9-13(17)6-11(15(18)20)7-14(9)19-8-10-4-2-3-5-12(10)16/h2-7,19H,8H2,1H3,(H2,18,20). The van der Waals surface area contributed by atoms with Crippen molar-refractivity contribution >= 4 is 11.6 Å². The molecule has 0 radical (unpaired) electrons. The molecule has 2 aromatic carbocycles. The van der Waals surface area contributed by atoms with E-state index in [1.165, 1.54) is 12.1 Å². The molecule has 0 heterocycles. The molecule has 0 bridgehead atoms. The summed E-state index contributed by atoms with van der Waals surface area (Å²) in [7, 11) is 0. The normalized spacial score (nSPS) is 10.3. The Balaban J connectivity index is 2.25. The Kier molecular flexibility index (Phi) is 3.98. The first kappa shape index (κ1) is 14.0. The lowest BCUT2D eigenvalue weighted by atomic mass is 10.1. The summed E-state index contributed by atoms with van der Waals surface area (Å²) >= 11 is 0. The second-order valence-corrected chi connectivity index (χ2v) is 4.44. The number of benzene rings is 2. The van der Waals surface area contributed by atoms with E-state index in [1.807, 2.05) is 0 Å². The average Bonchev–Trinajstić information content (AvgIpc) is 2.41. The van der Waals surface area contributed by atoms with E-state index in [-0.39, 0.29) is 17.9 Å². The molecule has 3 N–H and O–H groups in total. The maximum Gasteiger partial charge on any atom is 0.248 e. The van der Waals surface area contributed by atoms with Gasteiger partial charge < -0.3 is 11.1 Å². The van der Waals surface area contributed by atoms with E-state index < -0.39 is 11.7 Å². The van der Waals surface area contributed by atoms with Crippen LogP contribution in [0.2, 0.25) is 0 Å². The Hall–Kier alpha value is -2.43. The van der Waals surface area contributed by atoms with Crippen LogP contribution >= 0.6 is 0 Å². The molecule has 0 aliphatic heterocycles. The lowest BCUT2D eigenvalue weighted by molar-refractivity contribution is 0.1000. The number of primary amides is 1. The minimum atomic E-state index is -0.710. The van der Waals surface area contributed by atoms with Crippen molar-refractivity contribution < 1.29 is 13.6 Å². The number of rotatable bonds is 4. The molecule has 20 heavy (non-hydrogen) atoms. The van der Waals surface area contributed by atoms with Crippen molar-refractivity contribution in [2.45, 2.75) is 13.5 Å². The van der Waals surface area contributed by atoms with Gasteiger partial charge in [-0.05, 0) is 25.1 Å². The van der Waals surface area contributed by atoms with Crippen molar-refractivity contribution in [3.63, 3.8) is 0 Å². The smallest absolute Gasteiger partial charge is 0.248 e. The molecule has 0 spiro atoms. The first-order chi connectivity index (χ1) is 9.49. The second kappa shape index (κ2) is 5.69. The lowest BCUT2D eigenvalue weighted by Crippen LogP contribution is -2.13. The van der Waals surface area contributed by atoms with Gasteiger partial charge in [-0.2, -0.15) is 0 Å². The van der Waals surface area contributed by atoms with Crippen LogP contribution in [0.5, 0.6) is 0 Å². The molecule has 2 aromatic rings. The van der Waals surface area contributed by atoms with Crippen LogP contribution in [0, 0.1) is 18.6 Å². The maximum absolute atomic E-state index is 13.7. The van der Waals surface area contributed by atoms with Gasteiger partial charge in [0.2, 0.25) is 5.91 Å². The number of carbonyl (C=O) groups is 1. The predicted octanol–water partition coefficient (Wildman–Crippen LogP) is 2.98. The zero-order chi connectivity index (χ0) is 14.7. The second-order valence-electron chi connectivity index (χ2n) is 4.44. The molecule has 0 saturated heterocycles. The first-order valence-electron chi connectivity index (χ1n) is 6.06. The molecule has 0 aliphatic rings. The Morgan fingerprint density at radius 2 is 1.90 bits per heavy atom. The highest BCUT2D eigenvalue weighted by Gasteiger charge is 2.10. The van der Waals surface area contributed by atoms with Crippen LogP contribution in [0.25, 0.3) is 0 Å². The largest absolute Gasteiger partial charge is 0.381 e. The third kappa shape index (κ3) is 2.93. The van der Waals surface area contributed by atoms with Crippen molar-refractivity contribution in [2.75, 3.05) is 5.32 Å². The summed E-state index contributed by atoms with van der Waals surface area (Å²) < 4.78 is 27.2. The summed E-state index contributed by atoms with van der Waals surface area (Å²) in [5.74, 6) is -1.58. The molecule has 5 heteroatoms. The van der Waals surface area contributed by atoms with Gasteiger partial charge in [-0.3, -0.25) is 4.79 Å². The number of anilines is 1. The molecule has 0 saturated carbocycles. The minimum absolute atomic E-state index is 0.0733. The van der Waals surface area contributed by atoms with Gasteiger partial charge >= 0.3 is 0 Å². The zero-order valence-electron chi connectivity index (χ0n) is 10.9. The van der Waals surface area contributed by atoms with E-state index in [0.29, 0.717) is 16.8 Å². The van der Waals surface area contributed by atoms with E-state index in [4.69, 9.17) is 5.73 Å². The monoisotopic (exact) mass is 276 g/mol. The molecule has 0 aromatic heterocycles. The highest BCUT2D eigenvalue weighted by Crippen LogP contribution is 2.21. The zero-order valence-corrected chi connectivity index (χ0v) is 10.9. The maximum atomic E-state index is 13.7. The van der Waals surface area contributed by atoms with Crippen molar-refractivity contribution in [3.05, 3.63) is 64.7 Å². The number of hydrogen-bond acceptors (Lipinski definition) is 2. The number of halogens is 2. The Morgan fingerprint density at radius 1 is 1.20 bits per heavy atom. The van der Waals surface area contributed by atoms with Crippen LogP contribution in [-0.2, 0) is 6.54 Å². The van der Waals surface area contributed by atoms with Gasteiger partial charge in [-0.15, -0.1) is 0 Å². The van der Waals surface area contributed by atoms with Crippen LogP contribution in [0.1, 0.15) is 21.5 Å². The molecular weight excluding hydrogens is 262 g/mol. The fraction of sp³-hybridized carbons (Fsp3) is 0.133. The molecule has 0 atom stereocenters. The Labute approximate surface area is 115 Å². The van der Waals surface area contributed by atoms with Gasteiger partial charge in [0.05, 0.1) is 0 Å². The van der Waals surface area contributed by atoms with Gasteiger partial charge in [0.15, 0.2) is 0 Å². The number of amides is 1. The molecule has 2 rings (SSSR count). The highest BCUT2D eigenvalue weighted by atomic mass is 19.1. The van der Waals surface area contributed by atoms with Gasteiger partial charge in [-0.25, -0.2) is 8.78 Å². The van der Waals surface area contributed by atoms with Crippen molar-refractivity contribution in [1.82, 2.24) is 0 Å². The fourth-order valence-electron chi connectivity index (χ4n) is 1.84. The summed E-state index contributed by atoms with van der Waals surface area (Å²) in [6.45, 7) is 1.76. The quantitative estimate of drug-likeness (QED) is 0.902. The van der Waals surface area contributed by atoms with Crippen LogP contribution in [0.3, 0.4) is 0 Å². The molecule has 3 nitrogen and oxygen atoms in total. The summed E-state index contributed by atoms with van der Waals surface area (Å²) in [5, 5.41) is 2.92. The summed E-state index contributed by atoms with van der Waals surface area (Å²) in [6, 6.07) is 8.84. The van der Waals surface area contributed by atoms with E-state index in [1.54, 1.807) is 25.1 Å². The van der Waals surface area contributed by atoms with E-state index in [0.717, 1.165) is 6.07 Å². The number of nitrogens with two attached hydrogens (primary N) is 1. The number of carbonyl (C=O) groups excluding carboxylic acids is 1. The molecule has 0 unspecified atom stereocenters. The topological polar surface area (TPSA) is 55.1 Å². The first-order valence-corrected chi connectivity index (χ1v) is 6.06. The molecule has 104 valence electrons. The predicted molar refractivity (Wildman–Crippen MR) is 73.4 cm³/mol. The number of hydrogen-bond donors (Lipinski definition) is 2. The average molecular weight is 276 g/mol. The van der Waals surface area contributed by atoms with Crippen LogP contribution in [0.15, 0.2) is 36.4 Å². The van der Waals surface area contributed by atoms with E-state index >= 15 is 0 Å². The summed E-state index contributed by atoms with van der Waals surface area (Å²) in [6.07, 6.45) is 0. The molecular formula is C15H14F2N2O. The van der Waals surface area contributed by atoms with Crippen LogP contribution in [0.4, 0.5) is 14.5 Å². The third-order valence-electron chi connectivity index (χ3n) is 3.06. The minimum Gasteiger partial charge on any atom is -0.381 e.